The molecule has 51 heavy (non-hydrogen) atoms. The van der Waals surface area contributed by atoms with Crippen molar-refractivity contribution < 1.29 is 0 Å². The Balaban J connectivity index is 1.20. The average Bonchev–Trinajstić information content (AvgIpc) is 3.60. The molecule has 0 amide bonds. The summed E-state index contributed by atoms with van der Waals surface area (Å²) in [5, 5.41) is 5.96. The van der Waals surface area contributed by atoms with E-state index in [4.69, 9.17) is 15.0 Å². The first-order valence-corrected chi connectivity index (χ1v) is 17.9. The van der Waals surface area contributed by atoms with E-state index >= 15 is 0 Å². The van der Waals surface area contributed by atoms with E-state index in [1.54, 1.807) is 0 Å². The standard InChI is InChI=1S/C47H29N3S/c1-4-12-30(13-5-1)31-20-22-33(23-21-31)41-29-40(32-14-6-2-7-15-32)49-47(50-41)35-24-26-42-38(28-35)44-43(51-42)27-25-37-36-18-10-11-19-39(36)48-46(45(37)44)34-16-8-3-9-17-34/h1-29H. The Morgan fingerprint density at radius 3 is 1.61 bits per heavy atom. The monoisotopic (exact) mass is 667 g/mol. The number of hydrogen-bond acceptors (Lipinski definition) is 4. The zero-order chi connectivity index (χ0) is 33.7. The van der Waals surface area contributed by atoms with Crippen LogP contribution in [0, 0.1) is 0 Å². The van der Waals surface area contributed by atoms with Crippen LogP contribution >= 0.6 is 11.3 Å². The highest BCUT2D eigenvalue weighted by Crippen LogP contribution is 2.44. The molecule has 10 aromatic rings. The fraction of sp³-hybridized carbons (Fsp3) is 0. The van der Waals surface area contributed by atoms with Crippen molar-refractivity contribution in [2.24, 2.45) is 0 Å². The Morgan fingerprint density at radius 2 is 0.882 bits per heavy atom. The summed E-state index contributed by atoms with van der Waals surface area (Å²) < 4.78 is 2.46. The van der Waals surface area contributed by atoms with Crippen molar-refractivity contribution in [3.63, 3.8) is 0 Å². The molecule has 0 bridgehead atoms. The average molecular weight is 668 g/mol. The highest BCUT2D eigenvalue weighted by molar-refractivity contribution is 7.26. The van der Waals surface area contributed by atoms with Gasteiger partial charge in [-0.1, -0.05) is 140 Å². The van der Waals surface area contributed by atoms with Crippen LogP contribution in [0.15, 0.2) is 176 Å². The molecule has 0 aliphatic heterocycles. The molecule has 0 radical (unpaired) electrons. The molecule has 3 aromatic heterocycles. The summed E-state index contributed by atoms with van der Waals surface area (Å²) in [4.78, 5) is 15.7. The maximum Gasteiger partial charge on any atom is 0.160 e. The van der Waals surface area contributed by atoms with E-state index in [2.05, 4.69) is 164 Å². The first kappa shape index (κ1) is 29.4. The molecule has 0 spiro atoms. The molecule has 0 unspecified atom stereocenters. The number of benzene rings is 7. The molecule has 0 saturated carbocycles. The van der Waals surface area contributed by atoms with Gasteiger partial charge in [0.2, 0.25) is 0 Å². The number of hydrogen-bond donors (Lipinski definition) is 0. The van der Waals surface area contributed by atoms with Gasteiger partial charge in [-0.3, -0.25) is 0 Å². The van der Waals surface area contributed by atoms with Gasteiger partial charge < -0.3 is 0 Å². The number of pyridine rings is 1. The summed E-state index contributed by atoms with van der Waals surface area (Å²) in [6.07, 6.45) is 0. The minimum Gasteiger partial charge on any atom is -0.247 e. The number of para-hydroxylation sites is 1. The Hall–Kier alpha value is -6.49. The van der Waals surface area contributed by atoms with Crippen molar-refractivity contribution in [2.75, 3.05) is 0 Å². The number of aromatic nitrogens is 3. The lowest BCUT2D eigenvalue weighted by Gasteiger charge is -2.12. The second-order valence-corrected chi connectivity index (χ2v) is 13.9. The van der Waals surface area contributed by atoms with E-state index in [-0.39, 0.29) is 0 Å². The van der Waals surface area contributed by atoms with Gasteiger partial charge in [-0.05, 0) is 52.9 Å². The lowest BCUT2D eigenvalue weighted by Crippen LogP contribution is -1.96. The van der Waals surface area contributed by atoms with Crippen LogP contribution < -0.4 is 0 Å². The molecule has 10 rings (SSSR count). The van der Waals surface area contributed by atoms with Crippen LogP contribution in [0.2, 0.25) is 0 Å². The van der Waals surface area contributed by atoms with Gasteiger partial charge in [0, 0.05) is 53.2 Å². The van der Waals surface area contributed by atoms with Crippen molar-refractivity contribution in [3.05, 3.63) is 176 Å². The smallest absolute Gasteiger partial charge is 0.160 e. The van der Waals surface area contributed by atoms with Crippen molar-refractivity contribution in [3.8, 4) is 56.3 Å². The van der Waals surface area contributed by atoms with Crippen LogP contribution in [0.5, 0.6) is 0 Å². The Labute approximate surface area is 299 Å². The second-order valence-electron chi connectivity index (χ2n) is 12.8. The van der Waals surface area contributed by atoms with E-state index in [0.717, 1.165) is 50.2 Å². The van der Waals surface area contributed by atoms with Crippen molar-refractivity contribution >= 4 is 53.2 Å². The van der Waals surface area contributed by atoms with Crippen LogP contribution in [-0.4, -0.2) is 15.0 Å². The fourth-order valence-corrected chi connectivity index (χ4v) is 8.30. The number of nitrogens with zero attached hydrogens (tertiary/aromatic N) is 3. The normalized spacial score (nSPS) is 11.5. The van der Waals surface area contributed by atoms with E-state index in [0.29, 0.717) is 5.82 Å². The van der Waals surface area contributed by atoms with Crippen molar-refractivity contribution in [1.29, 1.82) is 0 Å². The molecule has 0 fully saturated rings. The summed E-state index contributed by atoms with van der Waals surface area (Å²) in [5.41, 5.74) is 10.4. The van der Waals surface area contributed by atoms with Crippen molar-refractivity contribution in [2.45, 2.75) is 0 Å². The maximum absolute atomic E-state index is 5.29. The van der Waals surface area contributed by atoms with Gasteiger partial charge in [0.05, 0.1) is 22.6 Å². The minimum absolute atomic E-state index is 0.701. The molecule has 0 saturated heterocycles. The van der Waals surface area contributed by atoms with Gasteiger partial charge in [0.1, 0.15) is 0 Å². The summed E-state index contributed by atoms with van der Waals surface area (Å²) in [6, 6.07) is 61.8. The van der Waals surface area contributed by atoms with Gasteiger partial charge in [0.25, 0.3) is 0 Å². The summed E-state index contributed by atoms with van der Waals surface area (Å²) >= 11 is 1.82. The van der Waals surface area contributed by atoms with Gasteiger partial charge >= 0.3 is 0 Å². The van der Waals surface area contributed by atoms with Crippen LogP contribution in [0.1, 0.15) is 0 Å². The third-order valence-corrected chi connectivity index (χ3v) is 10.8. The highest BCUT2D eigenvalue weighted by atomic mass is 32.1. The molecule has 3 heterocycles. The number of thiophene rings is 1. The molecule has 3 nitrogen and oxygen atoms in total. The van der Waals surface area contributed by atoms with Crippen LogP contribution in [0.4, 0.5) is 0 Å². The molecule has 0 N–H and O–H groups in total. The largest absolute Gasteiger partial charge is 0.247 e. The summed E-state index contributed by atoms with van der Waals surface area (Å²) in [6.45, 7) is 0. The third kappa shape index (κ3) is 5.16. The van der Waals surface area contributed by atoms with Gasteiger partial charge in [0.15, 0.2) is 5.82 Å². The SMILES string of the molecule is c1ccc(-c2ccc(-c3cc(-c4ccccc4)nc(-c4ccc5sc6ccc7c8ccccc8nc(-c8ccccc8)c7c6c5c4)n3)cc2)cc1. The van der Waals surface area contributed by atoms with Crippen LogP contribution in [0.25, 0.3) is 98.1 Å². The van der Waals surface area contributed by atoms with Crippen LogP contribution in [0.3, 0.4) is 0 Å². The lowest BCUT2D eigenvalue weighted by atomic mass is 9.95. The van der Waals surface area contributed by atoms with Gasteiger partial charge in [-0.25, -0.2) is 15.0 Å². The highest BCUT2D eigenvalue weighted by Gasteiger charge is 2.18. The second kappa shape index (κ2) is 12.1. The first-order chi connectivity index (χ1) is 25.3. The maximum atomic E-state index is 5.29. The molecule has 238 valence electrons. The molecule has 0 atom stereocenters. The van der Waals surface area contributed by atoms with E-state index in [1.807, 2.05) is 23.5 Å². The van der Waals surface area contributed by atoms with Gasteiger partial charge in [-0.15, -0.1) is 11.3 Å². The van der Waals surface area contributed by atoms with E-state index in [9.17, 15) is 0 Å². The first-order valence-electron chi connectivity index (χ1n) is 17.1. The zero-order valence-corrected chi connectivity index (χ0v) is 28.3. The zero-order valence-electron chi connectivity index (χ0n) is 27.5. The lowest BCUT2D eigenvalue weighted by molar-refractivity contribution is 1.18. The third-order valence-electron chi connectivity index (χ3n) is 9.69. The van der Waals surface area contributed by atoms with Crippen molar-refractivity contribution in [1.82, 2.24) is 15.0 Å². The quantitative estimate of drug-likeness (QED) is 0.171. The summed E-state index contributed by atoms with van der Waals surface area (Å²) in [5.74, 6) is 0.701. The molecule has 0 aliphatic carbocycles. The molecular formula is C47H29N3S. The molecule has 7 aromatic carbocycles. The fourth-order valence-electron chi connectivity index (χ4n) is 7.20. The Kier molecular flexibility index (Phi) is 7.00. The predicted octanol–water partition coefficient (Wildman–Crippen LogP) is 12.9. The summed E-state index contributed by atoms with van der Waals surface area (Å²) in [7, 11) is 0. The molecule has 4 heteroatoms. The van der Waals surface area contributed by atoms with E-state index in [1.165, 1.54) is 42.1 Å². The van der Waals surface area contributed by atoms with E-state index < -0.39 is 0 Å². The number of rotatable bonds is 5. The van der Waals surface area contributed by atoms with Crippen LogP contribution in [-0.2, 0) is 0 Å². The number of fused-ring (bicyclic) bond motifs is 7. The topological polar surface area (TPSA) is 38.7 Å². The Bertz CT molecular complexity index is 2880. The molecule has 0 aliphatic rings. The molecular weight excluding hydrogens is 639 g/mol. The Morgan fingerprint density at radius 1 is 0.333 bits per heavy atom. The predicted molar refractivity (Wildman–Crippen MR) is 215 cm³/mol. The van der Waals surface area contributed by atoms with Gasteiger partial charge in [-0.2, -0.15) is 0 Å². The minimum atomic E-state index is 0.701.